The maximum Gasteiger partial charge on any atom is 0.371 e. The molecule has 3 aromatic carbocycles. The zero-order valence-electron chi connectivity index (χ0n) is 26.3. The third-order valence-corrected chi connectivity index (χ3v) is 8.97. The maximum atomic E-state index is 14.9. The number of benzene rings is 3. The molecule has 0 aliphatic heterocycles. The van der Waals surface area contributed by atoms with Gasteiger partial charge in [0, 0.05) is 41.3 Å². The number of fused-ring (bicyclic) bond motifs is 1. The van der Waals surface area contributed by atoms with Gasteiger partial charge < -0.3 is 9.88 Å². The number of urea groups is 1. The molecule has 12 heteroatoms. The van der Waals surface area contributed by atoms with Gasteiger partial charge in [0.1, 0.15) is 16.5 Å². The molecule has 244 valence electrons. The smallest absolute Gasteiger partial charge is 0.334 e. The van der Waals surface area contributed by atoms with E-state index >= 15 is 0 Å². The molecule has 0 saturated heterocycles. The van der Waals surface area contributed by atoms with Crippen LogP contribution in [-0.2, 0) is 24.5 Å². The van der Waals surface area contributed by atoms with Gasteiger partial charge in [-0.05, 0) is 48.0 Å². The van der Waals surface area contributed by atoms with Crippen molar-refractivity contribution in [3.8, 4) is 10.4 Å². The van der Waals surface area contributed by atoms with Gasteiger partial charge in [-0.2, -0.15) is 0 Å². The highest BCUT2D eigenvalue weighted by Gasteiger charge is 2.26. The van der Waals surface area contributed by atoms with Gasteiger partial charge in [-0.1, -0.05) is 67.6 Å². The summed E-state index contributed by atoms with van der Waals surface area (Å²) in [5.74, 6) is -2.33. The number of halogens is 2. The van der Waals surface area contributed by atoms with Crippen molar-refractivity contribution in [3.63, 3.8) is 0 Å². The summed E-state index contributed by atoms with van der Waals surface area (Å²) in [5.41, 5.74) is 2.12. The lowest BCUT2D eigenvalue weighted by molar-refractivity contribution is -0.276. The van der Waals surface area contributed by atoms with Crippen molar-refractivity contribution < 1.29 is 28.4 Å². The first kappa shape index (κ1) is 33.6. The Labute approximate surface area is 274 Å². The Kier molecular flexibility index (Phi) is 10.3. The van der Waals surface area contributed by atoms with Gasteiger partial charge in [0.2, 0.25) is 5.43 Å². The molecule has 0 radical (unpaired) electrons. The second kappa shape index (κ2) is 14.3. The number of hydrogen-bond acceptors (Lipinski definition) is 7. The van der Waals surface area contributed by atoms with E-state index in [2.05, 4.69) is 10.2 Å². The van der Waals surface area contributed by atoms with E-state index in [1.54, 1.807) is 42.7 Å². The molecule has 0 unspecified atom stereocenters. The van der Waals surface area contributed by atoms with E-state index < -0.39 is 29.0 Å². The molecule has 5 aromatic rings. The standard InChI is InChI=1S/C35H34F2N4O5S/c1-21(2)31(42)27-20-40(19-25-28(36)11-8-12-29(25)37)34-30(32(27)43)26(18-39(3)17-22-9-6-5-7-10-22)33(47-34)23-13-15-24(16-14-23)38-35(44)41(45)46-4/h5-16,20-21,45H,17-19H2,1-4H3,(H,38,44). The zero-order valence-corrected chi connectivity index (χ0v) is 27.1. The third-order valence-electron chi connectivity index (χ3n) is 7.65. The van der Waals surface area contributed by atoms with Crippen molar-refractivity contribution in [2.45, 2.75) is 33.5 Å². The van der Waals surface area contributed by atoms with E-state index in [4.69, 9.17) is 0 Å². The number of hydrogen-bond donors (Lipinski definition) is 2. The molecule has 0 aliphatic carbocycles. The van der Waals surface area contributed by atoms with Crippen LogP contribution in [0.15, 0.2) is 83.8 Å². The zero-order chi connectivity index (χ0) is 33.8. The third kappa shape index (κ3) is 7.31. The van der Waals surface area contributed by atoms with Crippen LogP contribution in [-0.4, -0.2) is 45.9 Å². The highest BCUT2D eigenvalue weighted by Crippen LogP contribution is 2.39. The van der Waals surface area contributed by atoms with Gasteiger partial charge >= 0.3 is 6.03 Å². The van der Waals surface area contributed by atoms with Gasteiger partial charge in [0.25, 0.3) is 0 Å². The first-order chi connectivity index (χ1) is 22.5. The topological polar surface area (TPSA) is 104 Å². The number of ketones is 1. The number of nitrogens with zero attached hydrogens (tertiary/aromatic N) is 3. The summed E-state index contributed by atoms with van der Waals surface area (Å²) in [5, 5.41) is 12.4. The predicted molar refractivity (Wildman–Crippen MR) is 177 cm³/mol. The molecule has 0 spiro atoms. The van der Waals surface area contributed by atoms with Gasteiger partial charge in [-0.15, -0.1) is 11.3 Å². The van der Waals surface area contributed by atoms with Crippen LogP contribution < -0.4 is 10.7 Å². The average molecular weight is 661 g/mol. The van der Waals surface area contributed by atoms with Crippen LogP contribution in [0, 0.1) is 17.6 Å². The fraction of sp³-hybridized carbons (Fsp3) is 0.229. The summed E-state index contributed by atoms with van der Waals surface area (Å²) in [4.78, 5) is 47.4. The number of nitrogens with one attached hydrogen (secondary N) is 1. The van der Waals surface area contributed by atoms with E-state index in [1.807, 2.05) is 42.3 Å². The maximum absolute atomic E-state index is 14.9. The number of Topliss-reactive ketones (excluding diaryl/α,β-unsaturated/α-hetero) is 1. The number of thiophene rings is 1. The van der Waals surface area contributed by atoms with Crippen LogP contribution in [0.2, 0.25) is 0 Å². The minimum Gasteiger partial charge on any atom is -0.334 e. The van der Waals surface area contributed by atoms with Crippen molar-refractivity contribution >= 4 is 39.1 Å². The highest BCUT2D eigenvalue weighted by molar-refractivity contribution is 7.22. The van der Waals surface area contributed by atoms with E-state index in [-0.39, 0.29) is 28.7 Å². The monoisotopic (exact) mass is 660 g/mol. The van der Waals surface area contributed by atoms with Crippen LogP contribution in [0.3, 0.4) is 0 Å². The van der Waals surface area contributed by atoms with Crippen LogP contribution in [0.4, 0.5) is 19.3 Å². The fourth-order valence-corrected chi connectivity index (χ4v) is 6.61. The summed E-state index contributed by atoms with van der Waals surface area (Å²) >= 11 is 1.28. The lowest BCUT2D eigenvalue weighted by Gasteiger charge is -2.18. The molecule has 0 fully saturated rings. The molecular weight excluding hydrogens is 626 g/mol. The fourth-order valence-electron chi connectivity index (χ4n) is 5.32. The molecular formula is C35H34F2N4O5S. The van der Waals surface area contributed by atoms with Crippen LogP contribution in [0.1, 0.15) is 40.9 Å². The van der Waals surface area contributed by atoms with E-state index in [0.717, 1.165) is 12.7 Å². The molecule has 9 nitrogen and oxygen atoms in total. The molecule has 47 heavy (non-hydrogen) atoms. The van der Waals surface area contributed by atoms with Gasteiger partial charge in [0.15, 0.2) is 5.78 Å². The van der Waals surface area contributed by atoms with Crippen molar-refractivity contribution in [1.82, 2.24) is 14.7 Å². The molecule has 2 aromatic heterocycles. The van der Waals surface area contributed by atoms with Crippen molar-refractivity contribution in [2.75, 3.05) is 19.5 Å². The van der Waals surface area contributed by atoms with Gasteiger partial charge in [0.05, 0.1) is 24.6 Å². The van der Waals surface area contributed by atoms with Crippen LogP contribution >= 0.6 is 11.3 Å². The minimum absolute atomic E-state index is 0.0506. The molecule has 2 amide bonds. The second-order valence-electron chi connectivity index (χ2n) is 11.4. The number of aromatic nitrogens is 1. The summed E-state index contributed by atoms with van der Waals surface area (Å²) in [6.07, 6.45) is 1.41. The lowest BCUT2D eigenvalue weighted by atomic mass is 9.99. The quantitative estimate of drug-likeness (QED) is 0.0875. The van der Waals surface area contributed by atoms with E-state index in [0.29, 0.717) is 45.0 Å². The Balaban J connectivity index is 1.70. The van der Waals surface area contributed by atoms with Crippen LogP contribution in [0.5, 0.6) is 0 Å². The molecule has 0 bridgehead atoms. The molecule has 2 heterocycles. The average Bonchev–Trinajstić information content (AvgIpc) is 3.43. The number of carbonyl (C=O) groups excluding carboxylic acids is 2. The largest absolute Gasteiger partial charge is 0.371 e. The Morgan fingerprint density at radius 3 is 2.23 bits per heavy atom. The minimum atomic E-state index is -0.898. The van der Waals surface area contributed by atoms with Gasteiger partial charge in [-0.3, -0.25) is 19.7 Å². The number of anilines is 1. The lowest BCUT2D eigenvalue weighted by Crippen LogP contribution is -2.30. The summed E-state index contributed by atoms with van der Waals surface area (Å²) in [6, 6.07) is 19.3. The van der Waals surface area contributed by atoms with Crippen molar-refractivity contribution in [2.24, 2.45) is 5.92 Å². The van der Waals surface area contributed by atoms with E-state index in [1.165, 1.54) is 35.7 Å². The first-order valence-electron chi connectivity index (χ1n) is 14.8. The molecule has 0 aliphatic rings. The Morgan fingerprint density at radius 1 is 0.957 bits per heavy atom. The van der Waals surface area contributed by atoms with Crippen molar-refractivity contribution in [3.05, 3.63) is 123 Å². The van der Waals surface area contributed by atoms with Crippen LogP contribution in [0.25, 0.3) is 20.7 Å². The molecule has 2 N–H and O–H groups in total. The Hall–Kier alpha value is -4.75. The molecule has 5 rings (SSSR count). The summed E-state index contributed by atoms with van der Waals surface area (Å²) in [7, 11) is 3.06. The summed E-state index contributed by atoms with van der Waals surface area (Å²) in [6.45, 7) is 4.04. The number of hydroxylamine groups is 2. The summed E-state index contributed by atoms with van der Waals surface area (Å²) < 4.78 is 31.4. The normalized spacial score (nSPS) is 11.4. The van der Waals surface area contributed by atoms with E-state index in [9.17, 15) is 28.4 Å². The number of carbonyl (C=O) groups is 2. The highest BCUT2D eigenvalue weighted by atomic mass is 32.1. The SMILES string of the molecule is CON(O)C(=O)Nc1ccc(-c2sc3c(c2CN(C)Cc2ccccc2)c(=O)c(C(=O)C(C)C)cn3Cc2c(F)cccc2F)cc1. The Bertz CT molecular complexity index is 1960. The van der Waals surface area contributed by atoms with Gasteiger partial charge in [-0.25, -0.2) is 18.4 Å². The number of pyridine rings is 1. The molecule has 0 atom stereocenters. The Morgan fingerprint density at radius 2 is 1.62 bits per heavy atom. The predicted octanol–water partition coefficient (Wildman–Crippen LogP) is 7.31. The second-order valence-corrected chi connectivity index (χ2v) is 12.4. The number of rotatable bonds is 11. The number of amides is 2. The van der Waals surface area contributed by atoms with Crippen molar-refractivity contribution in [1.29, 1.82) is 0 Å². The first-order valence-corrected chi connectivity index (χ1v) is 15.6. The molecule has 0 saturated carbocycles.